The summed E-state index contributed by atoms with van der Waals surface area (Å²) in [6.45, 7) is 6.67. The fourth-order valence-electron chi connectivity index (χ4n) is 3.46. The molecule has 0 N–H and O–H groups in total. The van der Waals surface area contributed by atoms with Crippen LogP contribution in [-0.4, -0.2) is 19.2 Å². The highest BCUT2D eigenvalue weighted by atomic mass is 16.6. The number of carbonyl (C=O) groups is 1. The molecule has 0 aromatic heterocycles. The van der Waals surface area contributed by atoms with Gasteiger partial charge in [0.2, 0.25) is 0 Å². The third kappa shape index (κ3) is 4.10. The molecule has 3 heteroatoms. The number of ether oxygens (including phenoxy) is 2. The van der Waals surface area contributed by atoms with E-state index in [1.807, 2.05) is 30.3 Å². The molecule has 22 heavy (non-hydrogen) atoms. The highest BCUT2D eigenvalue weighted by Gasteiger charge is 2.35. The molecule has 1 saturated carbocycles. The summed E-state index contributed by atoms with van der Waals surface area (Å²) >= 11 is 0. The van der Waals surface area contributed by atoms with Crippen molar-refractivity contribution in [2.75, 3.05) is 7.11 Å². The zero-order valence-corrected chi connectivity index (χ0v) is 14.1. The van der Waals surface area contributed by atoms with Crippen molar-refractivity contribution in [3.05, 3.63) is 35.9 Å². The molecule has 3 nitrogen and oxygen atoms in total. The molecule has 0 bridgehead atoms. The number of hydrogen-bond acceptors (Lipinski definition) is 3. The van der Waals surface area contributed by atoms with Gasteiger partial charge in [-0.1, -0.05) is 57.5 Å². The summed E-state index contributed by atoms with van der Waals surface area (Å²) in [6.07, 6.45) is 2.70. The highest BCUT2D eigenvalue weighted by molar-refractivity contribution is 5.76. The van der Waals surface area contributed by atoms with Crippen LogP contribution in [0.1, 0.15) is 51.7 Å². The second-order valence-electron chi connectivity index (χ2n) is 6.83. The number of esters is 1. The molecule has 1 aliphatic carbocycles. The van der Waals surface area contributed by atoms with E-state index >= 15 is 0 Å². The Morgan fingerprint density at radius 3 is 2.45 bits per heavy atom. The van der Waals surface area contributed by atoms with E-state index in [2.05, 4.69) is 20.8 Å². The molecule has 2 rings (SSSR count). The third-order valence-electron chi connectivity index (χ3n) is 4.78. The number of rotatable bonds is 5. The minimum absolute atomic E-state index is 0.0117. The molecule has 1 unspecified atom stereocenters. The summed E-state index contributed by atoms with van der Waals surface area (Å²) in [5, 5.41) is 0. The first-order valence-corrected chi connectivity index (χ1v) is 8.31. The van der Waals surface area contributed by atoms with E-state index in [4.69, 9.17) is 9.47 Å². The lowest BCUT2D eigenvalue weighted by Crippen LogP contribution is -2.37. The fourth-order valence-corrected chi connectivity index (χ4v) is 3.46. The Labute approximate surface area is 134 Å². The van der Waals surface area contributed by atoms with Crippen LogP contribution in [0.15, 0.2) is 30.3 Å². The normalized spacial score (nSPS) is 26.7. The second-order valence-corrected chi connectivity index (χ2v) is 6.83. The van der Waals surface area contributed by atoms with Crippen LogP contribution in [-0.2, 0) is 14.3 Å². The van der Waals surface area contributed by atoms with Crippen molar-refractivity contribution in [2.45, 2.75) is 52.2 Å². The summed E-state index contributed by atoms with van der Waals surface area (Å²) < 4.78 is 11.3. The molecule has 1 aromatic carbocycles. The average molecular weight is 304 g/mol. The molecule has 0 heterocycles. The van der Waals surface area contributed by atoms with Crippen molar-refractivity contribution in [3.8, 4) is 0 Å². The zero-order valence-electron chi connectivity index (χ0n) is 14.1. The standard InChI is InChI=1S/C19H28O3/c1-13(2)16-11-10-14(3)12-17(16)22-19(20)18(21-4)15-8-6-5-7-9-15/h5-9,13-14,16-18H,10-12H2,1-4H3/t14-,16+,17-,18?/m0/s1. The predicted molar refractivity (Wildman–Crippen MR) is 87.4 cm³/mol. The minimum Gasteiger partial charge on any atom is -0.460 e. The smallest absolute Gasteiger partial charge is 0.340 e. The molecular weight excluding hydrogens is 276 g/mol. The van der Waals surface area contributed by atoms with E-state index in [1.165, 1.54) is 6.42 Å². The van der Waals surface area contributed by atoms with E-state index in [9.17, 15) is 4.79 Å². The monoisotopic (exact) mass is 304 g/mol. The first-order chi connectivity index (χ1) is 10.5. The number of hydrogen-bond donors (Lipinski definition) is 0. The minimum atomic E-state index is -0.633. The fraction of sp³-hybridized carbons (Fsp3) is 0.632. The van der Waals surface area contributed by atoms with Crippen molar-refractivity contribution >= 4 is 5.97 Å². The van der Waals surface area contributed by atoms with Gasteiger partial charge in [-0.2, -0.15) is 0 Å². The van der Waals surface area contributed by atoms with Gasteiger partial charge in [0.25, 0.3) is 0 Å². The summed E-state index contributed by atoms with van der Waals surface area (Å²) in [6, 6.07) is 9.55. The molecule has 0 spiro atoms. The quantitative estimate of drug-likeness (QED) is 0.757. The van der Waals surface area contributed by atoms with E-state index < -0.39 is 6.10 Å². The maximum Gasteiger partial charge on any atom is 0.340 e. The lowest BCUT2D eigenvalue weighted by Gasteiger charge is -2.37. The highest BCUT2D eigenvalue weighted by Crippen LogP contribution is 2.36. The molecular formula is C19H28O3. The lowest BCUT2D eigenvalue weighted by molar-refractivity contribution is -0.168. The Kier molecular flexibility index (Phi) is 6.01. The lowest BCUT2D eigenvalue weighted by atomic mass is 9.75. The van der Waals surface area contributed by atoms with Gasteiger partial charge in [0.1, 0.15) is 6.10 Å². The van der Waals surface area contributed by atoms with Gasteiger partial charge in [-0.15, -0.1) is 0 Å². The van der Waals surface area contributed by atoms with E-state index in [1.54, 1.807) is 7.11 Å². The largest absolute Gasteiger partial charge is 0.460 e. The van der Waals surface area contributed by atoms with Crippen LogP contribution in [0.2, 0.25) is 0 Å². The van der Waals surface area contributed by atoms with Crippen LogP contribution < -0.4 is 0 Å². The molecule has 0 aliphatic heterocycles. The predicted octanol–water partition coefficient (Wildman–Crippen LogP) is 4.38. The van der Waals surface area contributed by atoms with Crippen LogP contribution in [0, 0.1) is 17.8 Å². The van der Waals surface area contributed by atoms with Crippen molar-refractivity contribution in [1.82, 2.24) is 0 Å². The van der Waals surface area contributed by atoms with Crippen LogP contribution in [0.3, 0.4) is 0 Å². The van der Waals surface area contributed by atoms with Crippen LogP contribution in [0.4, 0.5) is 0 Å². The summed E-state index contributed by atoms with van der Waals surface area (Å²) in [7, 11) is 1.56. The molecule has 1 fully saturated rings. The third-order valence-corrected chi connectivity index (χ3v) is 4.78. The SMILES string of the molecule is COC(C(=O)O[C@H]1C[C@@H](C)CC[C@@H]1C(C)C)c1ccccc1. The second kappa shape index (κ2) is 7.77. The molecule has 1 aromatic rings. The van der Waals surface area contributed by atoms with Gasteiger partial charge in [-0.3, -0.25) is 0 Å². The maximum absolute atomic E-state index is 12.6. The molecule has 0 amide bonds. The number of carbonyl (C=O) groups excluding carboxylic acids is 1. The Balaban J connectivity index is 2.08. The van der Waals surface area contributed by atoms with Gasteiger partial charge in [0.05, 0.1) is 0 Å². The molecule has 0 radical (unpaired) electrons. The summed E-state index contributed by atoms with van der Waals surface area (Å²) in [5.74, 6) is 1.33. The molecule has 1 aliphatic rings. The maximum atomic E-state index is 12.6. The van der Waals surface area contributed by atoms with Gasteiger partial charge in [-0.05, 0) is 36.2 Å². The summed E-state index contributed by atoms with van der Waals surface area (Å²) in [5.41, 5.74) is 0.847. The van der Waals surface area contributed by atoms with Crippen molar-refractivity contribution in [3.63, 3.8) is 0 Å². The Hall–Kier alpha value is -1.35. The van der Waals surface area contributed by atoms with Gasteiger partial charge in [-0.25, -0.2) is 4.79 Å². The number of benzene rings is 1. The average Bonchev–Trinajstić information content (AvgIpc) is 2.48. The molecule has 4 atom stereocenters. The molecule has 122 valence electrons. The van der Waals surface area contributed by atoms with E-state index in [0.29, 0.717) is 17.8 Å². The van der Waals surface area contributed by atoms with Crippen LogP contribution in [0.5, 0.6) is 0 Å². The Morgan fingerprint density at radius 1 is 1.18 bits per heavy atom. The van der Waals surface area contributed by atoms with Gasteiger partial charge in [0.15, 0.2) is 6.10 Å². The summed E-state index contributed by atoms with van der Waals surface area (Å²) in [4.78, 5) is 12.6. The van der Waals surface area contributed by atoms with Crippen LogP contribution in [0.25, 0.3) is 0 Å². The zero-order chi connectivity index (χ0) is 16.1. The topological polar surface area (TPSA) is 35.5 Å². The van der Waals surface area contributed by atoms with Crippen LogP contribution >= 0.6 is 0 Å². The number of methoxy groups -OCH3 is 1. The van der Waals surface area contributed by atoms with Gasteiger partial charge >= 0.3 is 5.97 Å². The van der Waals surface area contributed by atoms with Gasteiger partial charge < -0.3 is 9.47 Å². The van der Waals surface area contributed by atoms with Gasteiger partial charge in [0, 0.05) is 7.11 Å². The van der Waals surface area contributed by atoms with E-state index in [0.717, 1.165) is 18.4 Å². The van der Waals surface area contributed by atoms with Crippen molar-refractivity contribution < 1.29 is 14.3 Å². The Morgan fingerprint density at radius 2 is 1.86 bits per heavy atom. The van der Waals surface area contributed by atoms with Crippen molar-refractivity contribution in [1.29, 1.82) is 0 Å². The first-order valence-electron chi connectivity index (χ1n) is 8.31. The van der Waals surface area contributed by atoms with Crippen molar-refractivity contribution in [2.24, 2.45) is 17.8 Å². The first kappa shape index (κ1) is 17.0. The molecule has 0 saturated heterocycles. The van der Waals surface area contributed by atoms with E-state index in [-0.39, 0.29) is 12.1 Å². The Bertz CT molecular complexity index is 469.